The zero-order chi connectivity index (χ0) is 23.0. The Hall–Kier alpha value is -3.45. The Kier molecular flexibility index (Phi) is 7.52. The monoisotopic (exact) mass is 462 g/mol. The van der Waals surface area contributed by atoms with Crippen LogP contribution in [0.3, 0.4) is 0 Å². The van der Waals surface area contributed by atoms with Crippen molar-refractivity contribution >= 4 is 40.1 Å². The number of aliphatic imine (C=N–C) groups is 1. The van der Waals surface area contributed by atoms with Gasteiger partial charge in [-0.2, -0.15) is 0 Å². The number of hydrogen-bond donors (Lipinski definition) is 1. The molecular weight excluding hydrogens is 436 g/mol. The smallest absolute Gasteiger partial charge is 0.344 e. The Morgan fingerprint density at radius 3 is 2.73 bits per heavy atom. The van der Waals surface area contributed by atoms with Gasteiger partial charge in [0, 0.05) is 16.8 Å². The summed E-state index contributed by atoms with van der Waals surface area (Å²) in [5, 5.41) is 3.73. The standard InChI is InChI=1S/C26H26N2O4S/c1-2-31-23(29)17-32-20-12-8-9-18(15-20)16-27-26-24(21-13-6-7-14-22(21)33-26)25(30)28-19-10-4-3-5-11-19/h3-5,8-12,15-16H,2,6-7,13-14,17H2,1H3,(H,28,30). The van der Waals surface area contributed by atoms with Gasteiger partial charge in [0.2, 0.25) is 0 Å². The second-order valence-electron chi connectivity index (χ2n) is 7.64. The maximum absolute atomic E-state index is 13.2. The molecule has 33 heavy (non-hydrogen) atoms. The van der Waals surface area contributed by atoms with Crippen LogP contribution in [0.4, 0.5) is 10.7 Å². The number of rotatable bonds is 8. The zero-order valence-corrected chi connectivity index (χ0v) is 19.3. The van der Waals surface area contributed by atoms with Gasteiger partial charge in [0.15, 0.2) is 6.61 Å². The summed E-state index contributed by atoms with van der Waals surface area (Å²) in [6, 6.07) is 16.8. The van der Waals surface area contributed by atoms with Gasteiger partial charge in [-0.15, -0.1) is 11.3 Å². The fraction of sp³-hybridized carbons (Fsp3) is 0.269. The van der Waals surface area contributed by atoms with E-state index in [4.69, 9.17) is 14.5 Å². The third-order valence-corrected chi connectivity index (χ3v) is 6.46. The molecule has 1 aromatic heterocycles. The van der Waals surface area contributed by atoms with Crippen LogP contribution in [0, 0.1) is 0 Å². The fourth-order valence-corrected chi connectivity index (χ4v) is 4.98. The van der Waals surface area contributed by atoms with Crippen LogP contribution in [-0.4, -0.2) is 31.3 Å². The van der Waals surface area contributed by atoms with E-state index in [2.05, 4.69) is 5.32 Å². The van der Waals surface area contributed by atoms with Gasteiger partial charge >= 0.3 is 5.97 Å². The first kappa shape index (κ1) is 22.7. The Balaban J connectivity index is 1.55. The molecule has 0 aliphatic heterocycles. The molecule has 170 valence electrons. The SMILES string of the molecule is CCOC(=O)COc1cccc(C=Nc2sc3c(c2C(=O)Nc2ccccc2)CCCC3)c1. The molecule has 3 aromatic rings. The van der Waals surface area contributed by atoms with Crippen LogP contribution in [-0.2, 0) is 22.4 Å². The van der Waals surface area contributed by atoms with Crippen LogP contribution < -0.4 is 10.1 Å². The van der Waals surface area contributed by atoms with E-state index in [0.29, 0.717) is 22.9 Å². The summed E-state index contributed by atoms with van der Waals surface area (Å²) in [5.74, 6) is 0.0219. The lowest BCUT2D eigenvalue weighted by atomic mass is 9.95. The van der Waals surface area contributed by atoms with Gasteiger partial charge in [0.1, 0.15) is 10.8 Å². The van der Waals surface area contributed by atoms with Crippen molar-refractivity contribution in [1.29, 1.82) is 0 Å². The molecule has 0 saturated carbocycles. The predicted molar refractivity (Wildman–Crippen MR) is 131 cm³/mol. The molecular formula is C26H26N2O4S. The van der Waals surface area contributed by atoms with Crippen molar-refractivity contribution in [2.45, 2.75) is 32.6 Å². The van der Waals surface area contributed by atoms with Crippen molar-refractivity contribution in [3.63, 3.8) is 0 Å². The van der Waals surface area contributed by atoms with Gasteiger partial charge in [0.05, 0.1) is 12.2 Å². The minimum atomic E-state index is -0.408. The Morgan fingerprint density at radius 1 is 1.09 bits per heavy atom. The lowest BCUT2D eigenvalue weighted by Crippen LogP contribution is -2.14. The number of ether oxygens (including phenoxy) is 2. The molecule has 4 rings (SSSR count). The van der Waals surface area contributed by atoms with E-state index in [1.165, 1.54) is 4.88 Å². The highest BCUT2D eigenvalue weighted by molar-refractivity contribution is 7.16. The molecule has 0 radical (unpaired) electrons. The van der Waals surface area contributed by atoms with E-state index in [1.54, 1.807) is 36.6 Å². The van der Waals surface area contributed by atoms with E-state index in [1.807, 2.05) is 42.5 Å². The molecule has 0 bridgehead atoms. The van der Waals surface area contributed by atoms with E-state index in [9.17, 15) is 9.59 Å². The van der Waals surface area contributed by atoms with Crippen molar-refractivity contribution < 1.29 is 19.1 Å². The number of esters is 1. The normalized spacial score (nSPS) is 12.9. The number of fused-ring (bicyclic) bond motifs is 1. The summed E-state index contributed by atoms with van der Waals surface area (Å²) in [6.07, 6.45) is 5.83. The summed E-state index contributed by atoms with van der Waals surface area (Å²) in [4.78, 5) is 30.7. The second-order valence-corrected chi connectivity index (χ2v) is 8.72. The average molecular weight is 463 g/mol. The van der Waals surface area contributed by atoms with Crippen LogP contribution in [0.15, 0.2) is 59.6 Å². The Morgan fingerprint density at radius 2 is 1.91 bits per heavy atom. The number of anilines is 1. The van der Waals surface area contributed by atoms with Crippen LogP contribution in [0.1, 0.15) is 46.1 Å². The third-order valence-electron chi connectivity index (χ3n) is 5.26. The van der Waals surface area contributed by atoms with Gasteiger partial charge in [-0.25, -0.2) is 9.79 Å². The molecule has 1 aliphatic rings. The Labute approximate surface area is 197 Å². The minimum Gasteiger partial charge on any atom is -0.482 e. The first-order valence-electron chi connectivity index (χ1n) is 11.1. The molecule has 0 spiro atoms. The number of benzene rings is 2. The van der Waals surface area contributed by atoms with Crippen molar-refractivity contribution in [2.75, 3.05) is 18.5 Å². The molecule has 0 fully saturated rings. The maximum atomic E-state index is 13.2. The highest BCUT2D eigenvalue weighted by Crippen LogP contribution is 2.40. The number of para-hydroxylation sites is 1. The molecule has 1 aliphatic carbocycles. The molecule has 0 unspecified atom stereocenters. The maximum Gasteiger partial charge on any atom is 0.344 e. The number of carbonyl (C=O) groups is 2. The highest BCUT2D eigenvalue weighted by atomic mass is 32.1. The molecule has 0 saturated heterocycles. The fourth-order valence-electron chi connectivity index (χ4n) is 3.75. The number of carbonyl (C=O) groups excluding carboxylic acids is 2. The summed E-state index contributed by atoms with van der Waals surface area (Å²) in [6.45, 7) is 1.93. The van der Waals surface area contributed by atoms with E-state index in [0.717, 1.165) is 42.5 Å². The number of amides is 1. The highest BCUT2D eigenvalue weighted by Gasteiger charge is 2.25. The van der Waals surface area contributed by atoms with Gasteiger partial charge in [-0.1, -0.05) is 30.3 Å². The number of nitrogens with one attached hydrogen (secondary N) is 1. The molecule has 1 heterocycles. The van der Waals surface area contributed by atoms with Crippen molar-refractivity contribution in [3.8, 4) is 5.75 Å². The minimum absolute atomic E-state index is 0.126. The molecule has 2 aromatic carbocycles. The quantitative estimate of drug-likeness (QED) is 0.351. The summed E-state index contributed by atoms with van der Waals surface area (Å²) >= 11 is 1.59. The molecule has 0 atom stereocenters. The average Bonchev–Trinajstić information content (AvgIpc) is 3.21. The first-order chi connectivity index (χ1) is 16.1. The summed E-state index contributed by atoms with van der Waals surface area (Å²) in [5.41, 5.74) is 3.37. The predicted octanol–water partition coefficient (Wildman–Crippen LogP) is 5.57. The zero-order valence-electron chi connectivity index (χ0n) is 18.5. The van der Waals surface area contributed by atoms with Gasteiger partial charge in [-0.05, 0) is 68.0 Å². The lowest BCUT2D eigenvalue weighted by molar-refractivity contribution is -0.145. The largest absolute Gasteiger partial charge is 0.482 e. The van der Waals surface area contributed by atoms with Crippen LogP contribution in [0.25, 0.3) is 0 Å². The number of hydrogen-bond acceptors (Lipinski definition) is 6. The number of nitrogens with zero attached hydrogens (tertiary/aromatic N) is 1. The van der Waals surface area contributed by atoms with E-state index in [-0.39, 0.29) is 12.5 Å². The summed E-state index contributed by atoms with van der Waals surface area (Å²) in [7, 11) is 0. The van der Waals surface area contributed by atoms with Gasteiger partial charge in [0.25, 0.3) is 5.91 Å². The van der Waals surface area contributed by atoms with Crippen LogP contribution in [0.2, 0.25) is 0 Å². The van der Waals surface area contributed by atoms with Crippen LogP contribution in [0.5, 0.6) is 5.75 Å². The van der Waals surface area contributed by atoms with E-state index >= 15 is 0 Å². The van der Waals surface area contributed by atoms with Crippen molar-refractivity contribution in [1.82, 2.24) is 0 Å². The van der Waals surface area contributed by atoms with Gasteiger partial charge in [-0.3, -0.25) is 4.79 Å². The number of aryl methyl sites for hydroxylation is 1. The van der Waals surface area contributed by atoms with Crippen LogP contribution >= 0.6 is 11.3 Å². The molecule has 1 amide bonds. The van der Waals surface area contributed by atoms with E-state index < -0.39 is 5.97 Å². The first-order valence-corrected chi connectivity index (χ1v) is 11.9. The van der Waals surface area contributed by atoms with Crippen molar-refractivity contribution in [2.24, 2.45) is 4.99 Å². The molecule has 7 heteroatoms. The second kappa shape index (κ2) is 10.9. The molecule has 1 N–H and O–H groups in total. The van der Waals surface area contributed by atoms with Gasteiger partial charge < -0.3 is 14.8 Å². The third kappa shape index (κ3) is 5.87. The molecule has 6 nitrogen and oxygen atoms in total. The lowest BCUT2D eigenvalue weighted by Gasteiger charge is -2.12. The Bertz CT molecular complexity index is 1150. The topological polar surface area (TPSA) is 77.0 Å². The number of thiophene rings is 1. The summed E-state index contributed by atoms with van der Waals surface area (Å²) < 4.78 is 10.4. The van der Waals surface area contributed by atoms with Crippen molar-refractivity contribution in [3.05, 3.63) is 76.2 Å².